The zero-order valence-electron chi connectivity index (χ0n) is 16.2. The van der Waals surface area contributed by atoms with Gasteiger partial charge in [0.2, 0.25) is 5.89 Å². The van der Waals surface area contributed by atoms with Crippen LogP contribution < -0.4 is 15.4 Å². The van der Waals surface area contributed by atoms with E-state index in [9.17, 15) is 13.2 Å². The second-order valence-corrected chi connectivity index (χ2v) is 6.34. The molecule has 0 unspecified atom stereocenters. The van der Waals surface area contributed by atoms with Crippen molar-refractivity contribution in [3.8, 4) is 17.2 Å². The van der Waals surface area contributed by atoms with Gasteiger partial charge in [0, 0.05) is 19.2 Å². The molecule has 0 amide bonds. The average molecular weight is 418 g/mol. The molecule has 3 rings (SSSR count). The van der Waals surface area contributed by atoms with E-state index in [2.05, 4.69) is 20.6 Å². The van der Waals surface area contributed by atoms with Gasteiger partial charge in [0.25, 0.3) is 0 Å². The molecule has 0 aliphatic heterocycles. The molecule has 0 saturated carbocycles. The Morgan fingerprint density at radius 1 is 1.03 bits per heavy atom. The van der Waals surface area contributed by atoms with Crippen LogP contribution in [0.4, 0.5) is 13.2 Å². The molecular weight excluding hydrogens is 397 g/mol. The molecule has 0 bridgehead atoms. The summed E-state index contributed by atoms with van der Waals surface area (Å²) in [5.41, 5.74) is 2.49. The molecule has 9 heteroatoms. The van der Waals surface area contributed by atoms with Gasteiger partial charge in [-0.1, -0.05) is 30.3 Å². The Morgan fingerprint density at radius 3 is 2.40 bits per heavy atom. The number of ether oxygens (including phenoxy) is 1. The smallest absolute Gasteiger partial charge is 0.422 e. The topological polar surface area (TPSA) is 71.7 Å². The van der Waals surface area contributed by atoms with E-state index in [1.54, 1.807) is 25.4 Å². The van der Waals surface area contributed by atoms with Crippen molar-refractivity contribution in [2.45, 2.75) is 19.3 Å². The summed E-state index contributed by atoms with van der Waals surface area (Å²) in [6.45, 7) is -0.456. The van der Waals surface area contributed by atoms with Crippen molar-refractivity contribution in [2.24, 2.45) is 4.99 Å². The first-order valence-electron chi connectivity index (χ1n) is 9.16. The molecule has 1 heterocycles. The van der Waals surface area contributed by atoms with E-state index in [1.165, 1.54) is 12.1 Å². The number of aliphatic imine (C=N–C) groups is 1. The number of nitrogens with zero attached hydrogens (tertiary/aromatic N) is 2. The molecule has 0 aliphatic carbocycles. The zero-order valence-corrected chi connectivity index (χ0v) is 16.2. The van der Waals surface area contributed by atoms with Crippen molar-refractivity contribution in [3.05, 3.63) is 72.1 Å². The SMILES string of the molecule is CN=C(NCc1ccc(OCC(F)(F)F)cc1)NCc1coc(-c2ccccc2)n1. The highest BCUT2D eigenvalue weighted by atomic mass is 19.4. The third-order valence-electron chi connectivity index (χ3n) is 4.02. The molecule has 30 heavy (non-hydrogen) atoms. The fourth-order valence-corrected chi connectivity index (χ4v) is 2.55. The summed E-state index contributed by atoms with van der Waals surface area (Å²) in [5, 5.41) is 6.27. The lowest BCUT2D eigenvalue weighted by Gasteiger charge is -2.12. The molecule has 0 radical (unpaired) electrons. The van der Waals surface area contributed by atoms with Crippen molar-refractivity contribution in [1.29, 1.82) is 0 Å². The van der Waals surface area contributed by atoms with Crippen molar-refractivity contribution < 1.29 is 22.3 Å². The van der Waals surface area contributed by atoms with E-state index in [4.69, 9.17) is 9.15 Å². The van der Waals surface area contributed by atoms with Crippen molar-refractivity contribution in [2.75, 3.05) is 13.7 Å². The van der Waals surface area contributed by atoms with Gasteiger partial charge >= 0.3 is 6.18 Å². The van der Waals surface area contributed by atoms with Gasteiger partial charge in [-0.05, 0) is 29.8 Å². The number of rotatable bonds is 7. The van der Waals surface area contributed by atoms with Crippen LogP contribution in [0, 0.1) is 0 Å². The zero-order chi connectivity index (χ0) is 21.4. The van der Waals surface area contributed by atoms with Gasteiger partial charge in [0.15, 0.2) is 12.6 Å². The fraction of sp³-hybridized carbons (Fsp3) is 0.238. The lowest BCUT2D eigenvalue weighted by molar-refractivity contribution is -0.153. The van der Waals surface area contributed by atoms with Crippen LogP contribution in [0.2, 0.25) is 0 Å². The molecule has 0 saturated heterocycles. The highest BCUT2D eigenvalue weighted by Crippen LogP contribution is 2.19. The van der Waals surface area contributed by atoms with Crippen LogP contribution >= 0.6 is 0 Å². The maximum atomic E-state index is 12.2. The van der Waals surface area contributed by atoms with E-state index in [-0.39, 0.29) is 5.75 Å². The lowest BCUT2D eigenvalue weighted by Crippen LogP contribution is -2.36. The highest BCUT2D eigenvalue weighted by Gasteiger charge is 2.28. The lowest BCUT2D eigenvalue weighted by atomic mass is 10.2. The van der Waals surface area contributed by atoms with E-state index in [0.29, 0.717) is 24.9 Å². The second kappa shape index (κ2) is 9.82. The third kappa shape index (κ3) is 6.54. The van der Waals surface area contributed by atoms with Gasteiger partial charge in [-0.3, -0.25) is 4.99 Å². The largest absolute Gasteiger partial charge is 0.484 e. The summed E-state index contributed by atoms with van der Waals surface area (Å²) in [7, 11) is 1.64. The normalized spacial score (nSPS) is 11.9. The second-order valence-electron chi connectivity index (χ2n) is 6.34. The average Bonchev–Trinajstić information content (AvgIpc) is 3.22. The summed E-state index contributed by atoms with van der Waals surface area (Å²) in [6.07, 6.45) is -2.77. The number of halogens is 3. The molecule has 0 fully saturated rings. The van der Waals surface area contributed by atoms with Gasteiger partial charge in [0.1, 0.15) is 12.0 Å². The molecule has 0 atom stereocenters. The number of alkyl halides is 3. The third-order valence-corrected chi connectivity index (χ3v) is 4.02. The summed E-state index contributed by atoms with van der Waals surface area (Å²) >= 11 is 0. The summed E-state index contributed by atoms with van der Waals surface area (Å²) in [4.78, 5) is 8.59. The van der Waals surface area contributed by atoms with Gasteiger partial charge in [-0.25, -0.2) is 4.98 Å². The monoisotopic (exact) mass is 418 g/mol. The van der Waals surface area contributed by atoms with Crippen LogP contribution in [0.5, 0.6) is 5.75 Å². The number of benzene rings is 2. The number of hydrogen-bond acceptors (Lipinski definition) is 4. The minimum Gasteiger partial charge on any atom is -0.484 e. The molecule has 0 aliphatic rings. The molecule has 2 aromatic carbocycles. The van der Waals surface area contributed by atoms with Gasteiger partial charge in [0.05, 0.1) is 12.2 Å². The number of nitrogens with one attached hydrogen (secondary N) is 2. The maximum Gasteiger partial charge on any atom is 0.422 e. The molecule has 1 aromatic heterocycles. The summed E-state index contributed by atoms with van der Waals surface area (Å²) in [5.74, 6) is 1.26. The molecule has 158 valence electrons. The Labute approximate surface area is 171 Å². The number of oxazole rings is 1. The summed E-state index contributed by atoms with van der Waals surface area (Å²) < 4.78 is 46.8. The standard InChI is InChI=1S/C21H21F3N4O2/c1-25-20(26-11-15-7-9-18(10-8-15)30-14-21(22,23)24)27-12-17-13-29-19(28-17)16-5-3-2-4-6-16/h2-10,13H,11-12,14H2,1H3,(H2,25,26,27). The molecule has 3 aromatic rings. The van der Waals surface area contributed by atoms with E-state index in [1.807, 2.05) is 30.3 Å². The van der Waals surface area contributed by atoms with E-state index in [0.717, 1.165) is 16.8 Å². The molecule has 0 spiro atoms. The predicted octanol–water partition coefficient (Wildman–Crippen LogP) is 4.15. The Bertz CT molecular complexity index is 954. The maximum absolute atomic E-state index is 12.2. The minimum absolute atomic E-state index is 0.166. The first-order valence-corrected chi connectivity index (χ1v) is 9.16. The highest BCUT2D eigenvalue weighted by molar-refractivity contribution is 5.79. The number of hydrogen-bond donors (Lipinski definition) is 2. The van der Waals surface area contributed by atoms with Crippen LogP contribution in [-0.4, -0.2) is 30.8 Å². The van der Waals surface area contributed by atoms with Gasteiger partial charge in [-0.15, -0.1) is 0 Å². The van der Waals surface area contributed by atoms with Crippen molar-refractivity contribution in [1.82, 2.24) is 15.6 Å². The summed E-state index contributed by atoms with van der Waals surface area (Å²) in [6, 6.07) is 16.0. The Balaban J connectivity index is 1.47. The Morgan fingerprint density at radius 2 is 1.73 bits per heavy atom. The molecular formula is C21H21F3N4O2. The van der Waals surface area contributed by atoms with Gasteiger partial charge in [-0.2, -0.15) is 13.2 Å². The quantitative estimate of drug-likeness (QED) is 0.446. The fourth-order valence-electron chi connectivity index (χ4n) is 2.55. The first-order chi connectivity index (χ1) is 14.4. The Hall–Kier alpha value is -3.49. The van der Waals surface area contributed by atoms with Crippen LogP contribution in [0.3, 0.4) is 0 Å². The van der Waals surface area contributed by atoms with Crippen LogP contribution in [-0.2, 0) is 13.1 Å². The van der Waals surface area contributed by atoms with Gasteiger partial charge < -0.3 is 19.8 Å². The van der Waals surface area contributed by atoms with Crippen molar-refractivity contribution in [3.63, 3.8) is 0 Å². The van der Waals surface area contributed by atoms with E-state index >= 15 is 0 Å². The van der Waals surface area contributed by atoms with Crippen LogP contribution in [0.25, 0.3) is 11.5 Å². The molecule has 6 nitrogen and oxygen atoms in total. The number of guanidine groups is 1. The minimum atomic E-state index is -4.36. The van der Waals surface area contributed by atoms with Crippen molar-refractivity contribution >= 4 is 5.96 Å². The van der Waals surface area contributed by atoms with E-state index < -0.39 is 12.8 Å². The van der Waals surface area contributed by atoms with Crippen LogP contribution in [0.1, 0.15) is 11.3 Å². The first kappa shape index (κ1) is 21.2. The molecule has 2 N–H and O–H groups in total. The number of aromatic nitrogens is 1. The van der Waals surface area contributed by atoms with Crippen LogP contribution in [0.15, 0.2) is 70.3 Å². The predicted molar refractivity (Wildman–Crippen MR) is 107 cm³/mol. The Kier molecular flexibility index (Phi) is 6.95.